The molecule has 4 aromatic rings. The zero-order valence-electron chi connectivity index (χ0n) is 15.5. The van der Waals surface area contributed by atoms with E-state index in [4.69, 9.17) is 10.2 Å². The molecule has 3 heterocycles. The van der Waals surface area contributed by atoms with E-state index in [-0.39, 0.29) is 29.3 Å². The maximum Gasteiger partial charge on any atom is 0.262 e. The van der Waals surface area contributed by atoms with Gasteiger partial charge in [-0.2, -0.15) is 0 Å². The van der Waals surface area contributed by atoms with Crippen LogP contribution in [0, 0.1) is 0 Å². The zero-order valence-corrected chi connectivity index (χ0v) is 17.2. The maximum atomic E-state index is 13.0. The van der Waals surface area contributed by atoms with Crippen LogP contribution in [0.2, 0.25) is 0 Å². The average Bonchev–Trinajstić information content (AvgIpc) is 3.41. The Morgan fingerprint density at radius 3 is 2.80 bits per heavy atom. The van der Waals surface area contributed by atoms with Gasteiger partial charge >= 0.3 is 0 Å². The number of para-hydroxylation sites is 1. The van der Waals surface area contributed by atoms with Gasteiger partial charge in [0.2, 0.25) is 5.91 Å². The van der Waals surface area contributed by atoms with Crippen LogP contribution in [0.3, 0.4) is 0 Å². The molecule has 0 saturated heterocycles. The summed E-state index contributed by atoms with van der Waals surface area (Å²) in [6.45, 7) is 0.199. The van der Waals surface area contributed by atoms with Gasteiger partial charge < -0.3 is 15.5 Å². The summed E-state index contributed by atoms with van der Waals surface area (Å²) in [5.74, 6) is -0.344. The number of nitrogens with one attached hydrogen (secondary N) is 1. The van der Waals surface area contributed by atoms with Crippen molar-refractivity contribution >= 4 is 50.8 Å². The molecule has 30 heavy (non-hydrogen) atoms. The molecule has 0 aliphatic heterocycles. The molecule has 4 rings (SSSR count). The molecule has 152 valence electrons. The summed E-state index contributed by atoms with van der Waals surface area (Å²) in [6.07, 6.45) is 1.53. The SMILES string of the molecule is NC(=O)c1ccsc1NC(=O)CSc1nc2ccccc2c(=O)n1Cc1ccco1. The monoisotopic (exact) mass is 440 g/mol. The molecule has 0 aliphatic rings. The van der Waals surface area contributed by atoms with Crippen molar-refractivity contribution in [2.45, 2.75) is 11.7 Å². The largest absolute Gasteiger partial charge is 0.467 e. The van der Waals surface area contributed by atoms with Gasteiger partial charge in [-0.25, -0.2) is 4.98 Å². The zero-order chi connectivity index (χ0) is 21.1. The third kappa shape index (κ3) is 4.14. The number of hydrogen-bond donors (Lipinski definition) is 2. The van der Waals surface area contributed by atoms with Crippen LogP contribution in [0.1, 0.15) is 16.1 Å². The highest BCUT2D eigenvalue weighted by atomic mass is 32.2. The van der Waals surface area contributed by atoms with Crippen molar-refractivity contribution in [1.82, 2.24) is 9.55 Å². The van der Waals surface area contributed by atoms with Crippen LogP contribution < -0.4 is 16.6 Å². The quantitative estimate of drug-likeness (QED) is 0.337. The fourth-order valence-electron chi connectivity index (χ4n) is 2.85. The Kier molecular flexibility index (Phi) is 5.68. The van der Waals surface area contributed by atoms with Gasteiger partial charge in [0, 0.05) is 0 Å². The summed E-state index contributed by atoms with van der Waals surface area (Å²) in [6, 6.07) is 12.1. The van der Waals surface area contributed by atoms with Gasteiger partial charge in [0.1, 0.15) is 10.8 Å². The van der Waals surface area contributed by atoms with Gasteiger partial charge in [-0.1, -0.05) is 23.9 Å². The van der Waals surface area contributed by atoms with Gasteiger partial charge in [0.25, 0.3) is 11.5 Å². The number of aromatic nitrogens is 2. The molecule has 1 aromatic carbocycles. The minimum Gasteiger partial charge on any atom is -0.467 e. The molecule has 10 heteroatoms. The second-order valence-electron chi connectivity index (χ2n) is 6.25. The molecule has 0 atom stereocenters. The highest BCUT2D eigenvalue weighted by Crippen LogP contribution is 2.24. The van der Waals surface area contributed by atoms with E-state index in [1.807, 2.05) is 0 Å². The fraction of sp³-hybridized carbons (Fsp3) is 0.100. The van der Waals surface area contributed by atoms with E-state index < -0.39 is 5.91 Å². The van der Waals surface area contributed by atoms with E-state index in [2.05, 4.69) is 10.3 Å². The number of primary amides is 1. The highest BCUT2D eigenvalue weighted by Gasteiger charge is 2.16. The van der Waals surface area contributed by atoms with Crippen LogP contribution in [-0.2, 0) is 11.3 Å². The van der Waals surface area contributed by atoms with Crippen LogP contribution in [0.15, 0.2) is 68.5 Å². The van der Waals surface area contributed by atoms with Gasteiger partial charge in [-0.05, 0) is 35.7 Å². The van der Waals surface area contributed by atoms with Crippen molar-refractivity contribution in [3.8, 4) is 0 Å². The van der Waals surface area contributed by atoms with E-state index in [9.17, 15) is 14.4 Å². The van der Waals surface area contributed by atoms with Crippen LogP contribution in [0.4, 0.5) is 5.00 Å². The number of amides is 2. The number of benzene rings is 1. The molecule has 2 amide bonds. The number of nitrogens with zero attached hydrogens (tertiary/aromatic N) is 2. The summed E-state index contributed by atoms with van der Waals surface area (Å²) in [5, 5.41) is 5.64. The first kappa shape index (κ1) is 19.9. The Bertz CT molecular complexity index is 1280. The van der Waals surface area contributed by atoms with Gasteiger partial charge in [0.15, 0.2) is 5.16 Å². The first-order valence-electron chi connectivity index (χ1n) is 8.85. The Balaban J connectivity index is 1.59. The first-order chi connectivity index (χ1) is 14.5. The molecule has 3 N–H and O–H groups in total. The number of furan rings is 1. The molecule has 3 aromatic heterocycles. The second kappa shape index (κ2) is 8.56. The second-order valence-corrected chi connectivity index (χ2v) is 8.11. The smallest absolute Gasteiger partial charge is 0.262 e. The molecule has 0 spiro atoms. The lowest BCUT2D eigenvalue weighted by atomic mass is 10.2. The number of nitrogens with two attached hydrogens (primary N) is 1. The van der Waals surface area contributed by atoms with Crippen molar-refractivity contribution in [3.63, 3.8) is 0 Å². The average molecular weight is 441 g/mol. The molecule has 0 bridgehead atoms. The molecule has 8 nitrogen and oxygen atoms in total. The van der Waals surface area contributed by atoms with E-state index in [1.165, 1.54) is 22.2 Å². The van der Waals surface area contributed by atoms with E-state index in [0.29, 0.717) is 26.8 Å². The number of thiophene rings is 1. The summed E-state index contributed by atoms with van der Waals surface area (Å²) in [4.78, 5) is 41.4. The molecule has 0 radical (unpaired) electrons. The number of thioether (sulfide) groups is 1. The van der Waals surface area contributed by atoms with Gasteiger partial charge in [-0.15, -0.1) is 11.3 Å². The van der Waals surface area contributed by atoms with Crippen LogP contribution in [-0.4, -0.2) is 27.1 Å². The normalized spacial score (nSPS) is 10.9. The molecule has 0 fully saturated rings. The number of anilines is 1. The molecular formula is C20H16N4O4S2. The van der Waals surface area contributed by atoms with Crippen molar-refractivity contribution in [2.24, 2.45) is 5.73 Å². The number of fused-ring (bicyclic) bond motifs is 1. The standard InChI is InChI=1S/C20H16N4O4S2/c21-17(26)14-7-9-29-18(14)23-16(25)11-30-20-22-15-6-2-1-5-13(15)19(27)24(20)10-12-4-3-8-28-12/h1-9H,10-11H2,(H2,21,26)(H,23,25). The minimum absolute atomic E-state index is 0.000955. The Morgan fingerprint density at radius 2 is 2.03 bits per heavy atom. The van der Waals surface area contributed by atoms with Crippen molar-refractivity contribution in [3.05, 3.63) is 75.8 Å². The van der Waals surface area contributed by atoms with Crippen LogP contribution in [0.5, 0.6) is 0 Å². The summed E-state index contributed by atoms with van der Waals surface area (Å²) in [7, 11) is 0. The fourth-order valence-corrected chi connectivity index (χ4v) is 4.46. The summed E-state index contributed by atoms with van der Waals surface area (Å²) >= 11 is 2.34. The summed E-state index contributed by atoms with van der Waals surface area (Å²) < 4.78 is 6.86. The predicted octanol–water partition coefficient (Wildman–Crippen LogP) is 2.93. The molecule has 0 saturated carbocycles. The van der Waals surface area contributed by atoms with Crippen molar-refractivity contribution in [1.29, 1.82) is 0 Å². The minimum atomic E-state index is -0.609. The lowest BCUT2D eigenvalue weighted by Gasteiger charge is -2.12. The van der Waals surface area contributed by atoms with E-state index in [0.717, 1.165) is 11.8 Å². The third-order valence-electron chi connectivity index (χ3n) is 4.24. The Labute approximate surface area is 178 Å². The molecule has 0 unspecified atom stereocenters. The Morgan fingerprint density at radius 1 is 1.20 bits per heavy atom. The highest BCUT2D eigenvalue weighted by molar-refractivity contribution is 7.99. The van der Waals surface area contributed by atoms with Gasteiger partial charge in [0.05, 0.1) is 35.0 Å². The lowest BCUT2D eigenvalue weighted by molar-refractivity contribution is -0.113. The number of rotatable bonds is 7. The molecular weight excluding hydrogens is 424 g/mol. The number of carbonyl (C=O) groups excluding carboxylic acids is 2. The summed E-state index contributed by atoms with van der Waals surface area (Å²) in [5.41, 5.74) is 5.91. The van der Waals surface area contributed by atoms with Crippen molar-refractivity contribution in [2.75, 3.05) is 11.1 Å². The third-order valence-corrected chi connectivity index (χ3v) is 6.04. The van der Waals surface area contributed by atoms with E-state index >= 15 is 0 Å². The number of carbonyl (C=O) groups is 2. The number of hydrogen-bond acceptors (Lipinski definition) is 7. The molecule has 0 aliphatic carbocycles. The first-order valence-corrected chi connectivity index (χ1v) is 10.7. The van der Waals surface area contributed by atoms with Crippen molar-refractivity contribution < 1.29 is 14.0 Å². The maximum absolute atomic E-state index is 13.0. The predicted molar refractivity (Wildman–Crippen MR) is 116 cm³/mol. The topological polar surface area (TPSA) is 120 Å². The Hall–Kier alpha value is -3.37. The van der Waals surface area contributed by atoms with Crippen LogP contribution >= 0.6 is 23.1 Å². The van der Waals surface area contributed by atoms with Gasteiger partial charge in [-0.3, -0.25) is 19.0 Å². The van der Waals surface area contributed by atoms with E-state index in [1.54, 1.807) is 47.8 Å². The lowest BCUT2D eigenvalue weighted by Crippen LogP contribution is -2.24. The van der Waals surface area contributed by atoms with Crippen LogP contribution in [0.25, 0.3) is 10.9 Å².